The molecule has 1 amide bonds. The minimum atomic E-state index is -4.10. The molecule has 0 aliphatic carbocycles. The Kier molecular flexibility index (Phi) is 6.06. The Balaban J connectivity index is 1.38. The number of aromatic nitrogens is 2. The lowest BCUT2D eigenvalue weighted by atomic mass is 10.1. The highest BCUT2D eigenvalue weighted by molar-refractivity contribution is 7.87. The van der Waals surface area contributed by atoms with Crippen molar-refractivity contribution in [2.45, 2.75) is 19.0 Å². The number of rotatable bonds is 5. The fraction of sp³-hybridized carbons (Fsp3) is 0.364. The van der Waals surface area contributed by atoms with Gasteiger partial charge in [-0.25, -0.2) is 13.8 Å². The van der Waals surface area contributed by atoms with Crippen LogP contribution in [0.25, 0.3) is 10.8 Å². The van der Waals surface area contributed by atoms with Gasteiger partial charge in [-0.1, -0.05) is 12.1 Å². The first-order valence-corrected chi connectivity index (χ1v) is 13.4. The molecule has 2 aliphatic rings. The van der Waals surface area contributed by atoms with Gasteiger partial charge in [0.15, 0.2) is 5.01 Å². The molecule has 1 aromatic carbocycles. The van der Waals surface area contributed by atoms with E-state index in [4.69, 9.17) is 11.1 Å². The summed E-state index contributed by atoms with van der Waals surface area (Å²) >= 11 is 1.27. The fourth-order valence-corrected chi connectivity index (χ4v) is 7.06. The quantitative estimate of drug-likeness (QED) is 0.314. The molecule has 0 saturated carbocycles. The zero-order valence-electron chi connectivity index (χ0n) is 19.4. The van der Waals surface area contributed by atoms with Crippen LogP contribution in [0.4, 0.5) is 0 Å². The highest BCUT2D eigenvalue weighted by atomic mass is 32.2. The maximum atomic E-state index is 13.4. The smallest absolute Gasteiger partial charge is 0.327 e. The molecule has 4 heterocycles. The molecule has 0 spiro atoms. The van der Waals surface area contributed by atoms with Gasteiger partial charge in [-0.05, 0) is 13.1 Å². The van der Waals surface area contributed by atoms with Crippen LogP contribution < -0.4 is 5.73 Å². The Labute approximate surface area is 211 Å². The number of hydrogen-bond acceptors (Lipinski definition) is 8. The van der Waals surface area contributed by atoms with E-state index in [2.05, 4.69) is 9.88 Å². The summed E-state index contributed by atoms with van der Waals surface area (Å²) < 4.78 is 28.8. The van der Waals surface area contributed by atoms with Crippen molar-refractivity contribution in [2.24, 2.45) is 5.73 Å². The molecule has 14 heteroatoms. The van der Waals surface area contributed by atoms with Crippen molar-refractivity contribution >= 4 is 50.0 Å². The molecule has 2 aromatic heterocycles. The molecule has 190 valence electrons. The standard InChI is InChI=1S/C22H25N7O5S2/c1-26-5-4-16-18(12-26)35-20(25-16)21(30)29-7-6-27(11-17(29)22(31)32)36(33,34)28-9-14-3-2-13(19(23)24)8-15(14)10-28/h2-3,8-10,17H,4-7,11-12H2,1H3,(H3,23,24)(H,31,32). The number of fused-ring (bicyclic) bond motifs is 2. The van der Waals surface area contributed by atoms with E-state index in [1.807, 2.05) is 7.05 Å². The Bertz CT molecular complexity index is 1500. The second-order valence-electron chi connectivity index (χ2n) is 8.94. The van der Waals surface area contributed by atoms with Gasteiger partial charge >= 0.3 is 16.2 Å². The number of carboxylic acids is 1. The van der Waals surface area contributed by atoms with Crippen molar-refractivity contribution in [1.82, 2.24) is 23.1 Å². The minimum absolute atomic E-state index is 0.0566. The number of thiazole rings is 1. The molecular weight excluding hydrogens is 506 g/mol. The van der Waals surface area contributed by atoms with E-state index in [1.165, 1.54) is 28.6 Å². The van der Waals surface area contributed by atoms with Gasteiger partial charge in [-0.15, -0.1) is 11.3 Å². The zero-order valence-corrected chi connectivity index (χ0v) is 21.0. The number of carbonyl (C=O) groups excluding carboxylic acids is 1. The van der Waals surface area contributed by atoms with Crippen molar-refractivity contribution in [1.29, 1.82) is 5.41 Å². The summed E-state index contributed by atoms with van der Waals surface area (Å²) in [4.78, 5) is 34.1. The summed E-state index contributed by atoms with van der Waals surface area (Å²) in [6.07, 6.45) is 3.56. The second kappa shape index (κ2) is 8.96. The third kappa shape index (κ3) is 4.25. The van der Waals surface area contributed by atoms with Crippen LogP contribution in [-0.2, 0) is 28.0 Å². The first-order valence-electron chi connectivity index (χ1n) is 11.2. The lowest BCUT2D eigenvalue weighted by Gasteiger charge is -2.38. The number of nitrogen functional groups attached to an aromatic ring is 1. The molecule has 1 unspecified atom stereocenters. The van der Waals surface area contributed by atoms with Gasteiger partial charge in [0.1, 0.15) is 11.9 Å². The maximum absolute atomic E-state index is 13.4. The number of amidine groups is 1. The molecule has 12 nitrogen and oxygen atoms in total. The van der Waals surface area contributed by atoms with Gasteiger partial charge in [0, 0.05) is 72.8 Å². The second-order valence-corrected chi connectivity index (χ2v) is 11.9. The minimum Gasteiger partial charge on any atom is -0.480 e. The summed E-state index contributed by atoms with van der Waals surface area (Å²) in [7, 11) is -2.11. The highest BCUT2D eigenvalue weighted by Crippen LogP contribution is 2.27. The summed E-state index contributed by atoms with van der Waals surface area (Å²) in [6, 6.07) is 3.56. The van der Waals surface area contributed by atoms with E-state index in [0.717, 1.165) is 31.8 Å². The number of nitrogens with zero attached hydrogens (tertiary/aromatic N) is 5. The van der Waals surface area contributed by atoms with E-state index in [9.17, 15) is 23.1 Å². The van der Waals surface area contributed by atoms with Gasteiger partial charge in [0.25, 0.3) is 5.91 Å². The van der Waals surface area contributed by atoms with Crippen molar-refractivity contribution in [2.75, 3.05) is 33.2 Å². The van der Waals surface area contributed by atoms with Gasteiger partial charge in [-0.3, -0.25) is 10.2 Å². The lowest BCUT2D eigenvalue weighted by Crippen LogP contribution is -2.59. The van der Waals surface area contributed by atoms with Gasteiger partial charge in [0.05, 0.1) is 5.69 Å². The van der Waals surface area contributed by atoms with Crippen LogP contribution in [-0.4, -0.2) is 93.6 Å². The van der Waals surface area contributed by atoms with Crippen molar-refractivity contribution in [3.63, 3.8) is 0 Å². The number of benzene rings is 1. The van der Waals surface area contributed by atoms with E-state index in [1.54, 1.807) is 18.2 Å². The molecule has 0 bridgehead atoms. The predicted molar refractivity (Wildman–Crippen MR) is 133 cm³/mol. The van der Waals surface area contributed by atoms with Crippen LogP contribution in [0, 0.1) is 5.41 Å². The van der Waals surface area contributed by atoms with E-state index in [0.29, 0.717) is 22.9 Å². The predicted octanol–water partition coefficient (Wildman–Crippen LogP) is 0.374. The normalized spacial score (nSPS) is 19.4. The highest BCUT2D eigenvalue weighted by Gasteiger charge is 2.41. The Morgan fingerprint density at radius 1 is 1.19 bits per heavy atom. The Hall–Kier alpha value is -3.33. The number of amides is 1. The Morgan fingerprint density at radius 3 is 2.67 bits per heavy atom. The van der Waals surface area contributed by atoms with Crippen molar-refractivity contribution < 1.29 is 23.1 Å². The Morgan fingerprint density at radius 2 is 1.94 bits per heavy atom. The van der Waals surface area contributed by atoms with Gasteiger partial charge < -0.3 is 20.6 Å². The zero-order chi connectivity index (χ0) is 25.8. The largest absolute Gasteiger partial charge is 0.480 e. The summed E-state index contributed by atoms with van der Waals surface area (Å²) in [5.74, 6) is -1.91. The fourth-order valence-electron chi connectivity index (χ4n) is 4.51. The average Bonchev–Trinajstić information content (AvgIpc) is 3.46. The SMILES string of the molecule is CN1CCc2nc(C(=O)N3CCN(S(=O)(=O)n4cc5ccc(C(=N)N)cc5c4)CC3C(=O)O)sc2C1. The molecule has 1 fully saturated rings. The lowest BCUT2D eigenvalue weighted by molar-refractivity contribution is -0.143. The average molecular weight is 532 g/mol. The maximum Gasteiger partial charge on any atom is 0.327 e. The molecule has 3 aromatic rings. The number of nitrogens with two attached hydrogens (primary N) is 1. The van der Waals surface area contributed by atoms with E-state index >= 15 is 0 Å². The van der Waals surface area contributed by atoms with Crippen molar-refractivity contribution in [3.05, 3.63) is 51.7 Å². The number of carboxylic acid groups (broad SMARTS) is 1. The van der Waals surface area contributed by atoms with Crippen LogP contribution in [0.1, 0.15) is 25.9 Å². The summed E-state index contributed by atoms with van der Waals surface area (Å²) in [5.41, 5.74) is 6.86. The van der Waals surface area contributed by atoms with Gasteiger partial charge in [0.2, 0.25) is 0 Å². The van der Waals surface area contributed by atoms with E-state index in [-0.39, 0.29) is 30.5 Å². The molecule has 1 atom stereocenters. The third-order valence-electron chi connectivity index (χ3n) is 6.52. The molecule has 0 radical (unpaired) electrons. The first-order chi connectivity index (χ1) is 17.0. The van der Waals surface area contributed by atoms with Crippen LogP contribution in [0.15, 0.2) is 30.6 Å². The molecular formula is C22H25N7O5S2. The third-order valence-corrected chi connectivity index (χ3v) is 9.32. The topological polar surface area (TPSA) is 166 Å². The number of hydrogen-bond donors (Lipinski definition) is 3. The molecule has 2 aliphatic heterocycles. The number of aliphatic carboxylic acids is 1. The number of piperazine rings is 1. The molecule has 4 N–H and O–H groups in total. The van der Waals surface area contributed by atoms with Crippen LogP contribution in [0.5, 0.6) is 0 Å². The first kappa shape index (κ1) is 24.4. The number of carbonyl (C=O) groups is 2. The summed E-state index contributed by atoms with van der Waals surface area (Å²) in [6.45, 7) is 1.01. The molecule has 5 rings (SSSR count). The molecule has 36 heavy (non-hydrogen) atoms. The van der Waals surface area contributed by atoms with Gasteiger partial charge in [-0.2, -0.15) is 12.7 Å². The van der Waals surface area contributed by atoms with Crippen LogP contribution >= 0.6 is 11.3 Å². The number of nitrogens with one attached hydrogen (secondary N) is 1. The van der Waals surface area contributed by atoms with Crippen molar-refractivity contribution in [3.8, 4) is 0 Å². The van der Waals surface area contributed by atoms with Crippen LogP contribution in [0.3, 0.4) is 0 Å². The molecule has 1 saturated heterocycles. The summed E-state index contributed by atoms with van der Waals surface area (Å²) in [5, 5.41) is 18.9. The number of likely N-dealkylation sites (N-methyl/N-ethyl adjacent to an activating group) is 1. The van der Waals surface area contributed by atoms with E-state index < -0.39 is 28.1 Å². The monoisotopic (exact) mass is 531 g/mol. The van der Waals surface area contributed by atoms with Crippen LogP contribution in [0.2, 0.25) is 0 Å².